The predicted molar refractivity (Wildman–Crippen MR) is 205 cm³/mol. The molecule has 13 heteroatoms. The van der Waals surface area contributed by atoms with Gasteiger partial charge in [0.2, 0.25) is 0 Å². The number of ketones is 1. The van der Waals surface area contributed by atoms with Crippen LogP contribution in [0, 0.1) is 6.92 Å². The standard InChI is InChI=1S/C24H27N5O2.C16H17N3O3/c1-17-18(10-12-22(25)27-17)9-11-20(30)16-29-21(19-7-3-2-4-8-19)15-26-23(24(29)31)28-13-5-6-14-28;20-14(21)11-19-13(12-6-2-1-3-7-12)10-17-15(16(19)22)18-8-4-5-9-18/h2-4,7-8,10,12,15H,5-6,9,11,13-14,16H2,1H3,(H2,25,27);1-3,6-7,10H,4-5,8-9,11H2,(H,20,21). The van der Waals surface area contributed by atoms with Gasteiger partial charge >= 0.3 is 5.97 Å². The van der Waals surface area contributed by atoms with Crippen LogP contribution in [0.5, 0.6) is 0 Å². The number of carbonyl (C=O) groups is 2. The molecule has 2 aliphatic rings. The zero-order chi connectivity index (χ0) is 37.3. The molecule has 2 aliphatic heterocycles. The number of carboxylic acid groups (broad SMARTS) is 1. The van der Waals surface area contributed by atoms with E-state index >= 15 is 0 Å². The van der Waals surface area contributed by atoms with E-state index in [4.69, 9.17) is 10.8 Å². The second kappa shape index (κ2) is 16.9. The number of carbonyl (C=O) groups excluding carboxylic acids is 1. The highest BCUT2D eigenvalue weighted by Crippen LogP contribution is 2.22. The van der Waals surface area contributed by atoms with Crippen LogP contribution in [0.4, 0.5) is 17.5 Å². The molecule has 2 fully saturated rings. The fourth-order valence-corrected chi connectivity index (χ4v) is 6.78. The van der Waals surface area contributed by atoms with Crippen LogP contribution in [0.2, 0.25) is 0 Å². The van der Waals surface area contributed by atoms with Gasteiger partial charge in [0.15, 0.2) is 17.4 Å². The molecule has 0 bridgehead atoms. The van der Waals surface area contributed by atoms with Crippen molar-refractivity contribution in [2.75, 3.05) is 41.7 Å². The highest BCUT2D eigenvalue weighted by atomic mass is 16.4. The van der Waals surface area contributed by atoms with Gasteiger partial charge in [-0.1, -0.05) is 66.7 Å². The summed E-state index contributed by atoms with van der Waals surface area (Å²) in [5.74, 6) is 0.201. The van der Waals surface area contributed by atoms with Gasteiger partial charge in [0, 0.05) is 38.3 Å². The van der Waals surface area contributed by atoms with Crippen LogP contribution in [-0.4, -0.2) is 67.1 Å². The van der Waals surface area contributed by atoms with Gasteiger partial charge in [0.1, 0.15) is 12.4 Å². The monoisotopic (exact) mass is 716 g/mol. The van der Waals surface area contributed by atoms with Gasteiger partial charge in [-0.3, -0.25) is 28.3 Å². The summed E-state index contributed by atoms with van der Waals surface area (Å²) in [5, 5.41) is 9.13. The third-order valence-corrected chi connectivity index (χ3v) is 9.54. The molecule has 2 saturated heterocycles. The summed E-state index contributed by atoms with van der Waals surface area (Å²) in [6.07, 6.45) is 8.36. The number of nitrogens with two attached hydrogens (primary N) is 1. The average molecular weight is 717 g/mol. The van der Waals surface area contributed by atoms with Crippen molar-refractivity contribution in [1.29, 1.82) is 0 Å². The molecule has 274 valence electrons. The number of Topliss-reactive ketones (excluding diaryl/α,β-unsaturated/α-hetero) is 1. The number of carboxylic acids is 1. The number of aromatic nitrogens is 5. The lowest BCUT2D eigenvalue weighted by atomic mass is 10.1. The van der Waals surface area contributed by atoms with Crippen LogP contribution in [0.3, 0.4) is 0 Å². The molecule has 7 rings (SSSR count). The highest BCUT2D eigenvalue weighted by Gasteiger charge is 2.23. The van der Waals surface area contributed by atoms with Crippen LogP contribution in [-0.2, 0) is 29.1 Å². The normalized spacial score (nSPS) is 13.8. The minimum Gasteiger partial charge on any atom is -0.480 e. The molecule has 0 aliphatic carbocycles. The minimum atomic E-state index is -1.04. The molecule has 0 amide bonds. The zero-order valence-corrected chi connectivity index (χ0v) is 29.9. The second-order valence-electron chi connectivity index (χ2n) is 13.3. The van der Waals surface area contributed by atoms with E-state index in [2.05, 4.69) is 15.0 Å². The lowest BCUT2D eigenvalue weighted by Gasteiger charge is -2.19. The lowest BCUT2D eigenvalue weighted by molar-refractivity contribution is -0.137. The molecule has 0 atom stereocenters. The van der Waals surface area contributed by atoms with E-state index in [1.165, 1.54) is 4.57 Å². The van der Waals surface area contributed by atoms with Crippen molar-refractivity contribution < 1.29 is 14.7 Å². The zero-order valence-electron chi connectivity index (χ0n) is 29.9. The fraction of sp³-hybridized carbons (Fsp3) is 0.325. The van der Waals surface area contributed by atoms with Crippen molar-refractivity contribution in [3.63, 3.8) is 0 Å². The van der Waals surface area contributed by atoms with Crippen molar-refractivity contribution in [2.24, 2.45) is 0 Å². The summed E-state index contributed by atoms with van der Waals surface area (Å²) in [6, 6.07) is 22.5. The SMILES string of the molecule is Cc1nc(N)ccc1CCC(=O)Cn1c(-c2ccccc2)cnc(N2CCCC2)c1=O.O=C(O)Cn1c(-c2ccccc2)cnc(N2CCCC2)c1=O. The van der Waals surface area contributed by atoms with Gasteiger partial charge in [0.25, 0.3) is 11.1 Å². The van der Waals surface area contributed by atoms with Gasteiger partial charge in [0.05, 0.1) is 30.3 Å². The molecular weight excluding hydrogens is 672 g/mol. The molecule has 0 radical (unpaired) electrons. The minimum absolute atomic E-state index is 0.00548. The smallest absolute Gasteiger partial charge is 0.323 e. The van der Waals surface area contributed by atoms with Gasteiger partial charge in [-0.15, -0.1) is 0 Å². The number of aryl methyl sites for hydroxylation is 2. The maximum Gasteiger partial charge on any atom is 0.323 e. The van der Waals surface area contributed by atoms with E-state index in [0.29, 0.717) is 41.7 Å². The van der Waals surface area contributed by atoms with Crippen LogP contribution in [0.25, 0.3) is 22.5 Å². The van der Waals surface area contributed by atoms with Gasteiger partial charge in [-0.2, -0.15) is 0 Å². The van der Waals surface area contributed by atoms with Crippen LogP contribution in [0.15, 0.2) is 94.8 Å². The van der Waals surface area contributed by atoms with Crippen molar-refractivity contribution in [3.8, 4) is 22.5 Å². The van der Waals surface area contributed by atoms with E-state index in [9.17, 15) is 19.2 Å². The first kappa shape index (κ1) is 36.7. The molecule has 0 unspecified atom stereocenters. The number of hydrogen-bond donors (Lipinski definition) is 2. The number of anilines is 3. The molecule has 3 aromatic heterocycles. The maximum atomic E-state index is 13.3. The Balaban J connectivity index is 0.000000192. The fourth-order valence-electron chi connectivity index (χ4n) is 6.78. The summed E-state index contributed by atoms with van der Waals surface area (Å²) >= 11 is 0. The first-order valence-corrected chi connectivity index (χ1v) is 18.0. The number of pyridine rings is 1. The molecule has 5 aromatic rings. The van der Waals surface area contributed by atoms with Crippen LogP contribution < -0.4 is 26.7 Å². The molecule has 0 saturated carbocycles. The van der Waals surface area contributed by atoms with Gasteiger partial charge in [-0.05, 0) is 61.8 Å². The molecule has 13 nitrogen and oxygen atoms in total. The Hall–Kier alpha value is -6.11. The Kier molecular flexibility index (Phi) is 11.7. The molecule has 0 spiro atoms. The summed E-state index contributed by atoms with van der Waals surface area (Å²) in [5.41, 5.74) is 9.82. The Bertz CT molecular complexity index is 2170. The Morgan fingerprint density at radius 1 is 0.698 bits per heavy atom. The quantitative estimate of drug-likeness (QED) is 0.196. The van der Waals surface area contributed by atoms with Crippen LogP contribution in [0.1, 0.15) is 43.4 Å². The van der Waals surface area contributed by atoms with Crippen LogP contribution >= 0.6 is 0 Å². The number of nitrogens with zero attached hydrogens (tertiary/aromatic N) is 7. The van der Waals surface area contributed by atoms with E-state index in [1.54, 1.807) is 23.0 Å². The van der Waals surface area contributed by atoms with E-state index < -0.39 is 5.97 Å². The Labute approximate surface area is 307 Å². The van der Waals surface area contributed by atoms with E-state index in [1.807, 2.05) is 83.5 Å². The van der Waals surface area contributed by atoms with E-state index in [0.717, 1.165) is 74.2 Å². The van der Waals surface area contributed by atoms with Gasteiger partial charge in [-0.25, -0.2) is 15.0 Å². The lowest BCUT2D eigenvalue weighted by Crippen LogP contribution is -2.34. The first-order chi connectivity index (χ1) is 25.7. The van der Waals surface area contributed by atoms with Crippen molar-refractivity contribution in [2.45, 2.75) is 58.5 Å². The molecule has 5 heterocycles. The predicted octanol–water partition coefficient (Wildman–Crippen LogP) is 4.59. The number of benzene rings is 2. The van der Waals surface area contributed by atoms with Gasteiger partial charge < -0.3 is 20.6 Å². The van der Waals surface area contributed by atoms with Crippen molar-refractivity contribution >= 4 is 29.2 Å². The van der Waals surface area contributed by atoms with Crippen molar-refractivity contribution in [3.05, 3.63) is 117 Å². The summed E-state index contributed by atoms with van der Waals surface area (Å²) < 4.78 is 2.87. The highest BCUT2D eigenvalue weighted by molar-refractivity contribution is 5.79. The molecule has 53 heavy (non-hydrogen) atoms. The second-order valence-corrected chi connectivity index (χ2v) is 13.3. The third-order valence-electron chi connectivity index (χ3n) is 9.54. The number of hydrogen-bond acceptors (Lipinski definition) is 10. The number of rotatable bonds is 11. The Morgan fingerprint density at radius 2 is 1.17 bits per heavy atom. The average Bonchev–Trinajstić information content (AvgIpc) is 3.90. The van der Waals surface area contributed by atoms with Crippen molar-refractivity contribution in [1.82, 2.24) is 24.1 Å². The number of nitrogen functional groups attached to an aromatic ring is 1. The topological polar surface area (TPSA) is 170 Å². The molecular formula is C40H44N8O5. The first-order valence-electron chi connectivity index (χ1n) is 18.0. The third kappa shape index (κ3) is 8.86. The molecule has 2 aromatic carbocycles. The van der Waals surface area contributed by atoms with E-state index in [-0.39, 0.29) is 30.0 Å². The number of aliphatic carboxylic acids is 1. The Morgan fingerprint density at radius 3 is 1.62 bits per heavy atom. The summed E-state index contributed by atoms with van der Waals surface area (Å²) in [7, 11) is 0. The summed E-state index contributed by atoms with van der Waals surface area (Å²) in [4.78, 5) is 67.0. The largest absolute Gasteiger partial charge is 0.480 e. The molecule has 3 N–H and O–H groups in total. The summed E-state index contributed by atoms with van der Waals surface area (Å²) in [6.45, 7) is 4.77. The maximum absolute atomic E-state index is 13.3.